The number of hydrogen-bond donors (Lipinski definition) is 1. The molecular weight excluding hydrogens is 298 g/mol. The van der Waals surface area contributed by atoms with Crippen LogP contribution in [-0.4, -0.2) is 29.6 Å². The van der Waals surface area contributed by atoms with Gasteiger partial charge in [0.1, 0.15) is 23.0 Å². The van der Waals surface area contributed by atoms with Gasteiger partial charge in [0.05, 0.1) is 13.5 Å². The van der Waals surface area contributed by atoms with Gasteiger partial charge in [-0.1, -0.05) is 0 Å². The summed E-state index contributed by atoms with van der Waals surface area (Å²) in [6.45, 7) is 3.30. The molecule has 23 heavy (non-hydrogen) atoms. The van der Waals surface area contributed by atoms with E-state index in [0.29, 0.717) is 11.6 Å². The number of carbonyl (C=O) groups is 2. The summed E-state index contributed by atoms with van der Waals surface area (Å²) in [7, 11) is 1.29. The standard InChI is InChI=1S/C16H17N3O4/c1-10(8-13(20)22-3)18-15(21)14-11(2)23-16(12(14)9-17)19-6-4-5-7-19/h4-7,10H,8H2,1-3H3,(H,18,21). The number of amides is 1. The highest BCUT2D eigenvalue weighted by Crippen LogP contribution is 2.25. The van der Waals surface area contributed by atoms with Crippen molar-refractivity contribution in [1.29, 1.82) is 5.26 Å². The van der Waals surface area contributed by atoms with Crippen LogP contribution in [0.5, 0.6) is 0 Å². The lowest BCUT2D eigenvalue weighted by Crippen LogP contribution is -2.35. The summed E-state index contributed by atoms with van der Waals surface area (Å²) in [5.74, 6) is -0.248. The first-order valence-corrected chi connectivity index (χ1v) is 7.02. The summed E-state index contributed by atoms with van der Waals surface area (Å²) in [5.41, 5.74) is 0.328. The third-order valence-electron chi connectivity index (χ3n) is 3.32. The summed E-state index contributed by atoms with van der Waals surface area (Å²) in [4.78, 5) is 23.7. The number of aromatic nitrogens is 1. The van der Waals surface area contributed by atoms with E-state index >= 15 is 0 Å². The van der Waals surface area contributed by atoms with Crippen molar-refractivity contribution in [2.45, 2.75) is 26.3 Å². The van der Waals surface area contributed by atoms with Gasteiger partial charge in [-0.15, -0.1) is 0 Å². The molecular formula is C16H17N3O4. The highest BCUT2D eigenvalue weighted by molar-refractivity contribution is 5.98. The van der Waals surface area contributed by atoms with Gasteiger partial charge in [0.25, 0.3) is 5.91 Å². The molecule has 0 spiro atoms. The van der Waals surface area contributed by atoms with Crippen molar-refractivity contribution in [2.75, 3.05) is 7.11 Å². The highest BCUT2D eigenvalue weighted by atomic mass is 16.5. The Balaban J connectivity index is 2.28. The van der Waals surface area contributed by atoms with Crippen LogP contribution >= 0.6 is 0 Å². The Morgan fingerprint density at radius 3 is 2.65 bits per heavy atom. The zero-order chi connectivity index (χ0) is 17.0. The predicted molar refractivity (Wildman–Crippen MR) is 81.0 cm³/mol. The van der Waals surface area contributed by atoms with Crippen molar-refractivity contribution in [2.24, 2.45) is 0 Å². The average Bonchev–Trinajstić information content (AvgIpc) is 3.13. The number of methoxy groups -OCH3 is 1. The molecule has 0 aromatic carbocycles. The molecule has 0 aliphatic rings. The average molecular weight is 315 g/mol. The number of esters is 1. The smallest absolute Gasteiger partial charge is 0.307 e. The quantitative estimate of drug-likeness (QED) is 0.850. The normalized spacial score (nSPS) is 11.6. The van der Waals surface area contributed by atoms with Crippen molar-refractivity contribution in [3.63, 3.8) is 0 Å². The van der Waals surface area contributed by atoms with Crippen molar-refractivity contribution in [3.8, 4) is 12.0 Å². The third-order valence-corrected chi connectivity index (χ3v) is 3.32. The van der Waals surface area contributed by atoms with E-state index in [-0.39, 0.29) is 17.5 Å². The van der Waals surface area contributed by atoms with Crippen LogP contribution in [0.15, 0.2) is 28.9 Å². The molecule has 0 bridgehead atoms. The van der Waals surface area contributed by atoms with Gasteiger partial charge >= 0.3 is 5.97 Å². The van der Waals surface area contributed by atoms with Crippen molar-refractivity contribution < 1.29 is 18.7 Å². The van der Waals surface area contributed by atoms with Gasteiger partial charge in [-0.05, 0) is 26.0 Å². The Bertz CT molecular complexity index is 753. The predicted octanol–water partition coefficient (Wildman–Crippen LogP) is 1.93. The Morgan fingerprint density at radius 2 is 2.09 bits per heavy atom. The molecule has 0 radical (unpaired) electrons. The first-order chi connectivity index (χ1) is 11.0. The van der Waals surface area contributed by atoms with Crippen LogP contribution in [0.4, 0.5) is 0 Å². The van der Waals surface area contributed by atoms with Gasteiger partial charge in [-0.2, -0.15) is 5.26 Å². The molecule has 1 atom stereocenters. The van der Waals surface area contributed by atoms with Gasteiger partial charge in [0, 0.05) is 18.4 Å². The molecule has 2 heterocycles. The van der Waals surface area contributed by atoms with Gasteiger partial charge in [0.2, 0.25) is 5.88 Å². The summed E-state index contributed by atoms with van der Waals surface area (Å²) < 4.78 is 11.8. The fraction of sp³-hybridized carbons (Fsp3) is 0.312. The fourth-order valence-corrected chi connectivity index (χ4v) is 2.24. The van der Waals surface area contributed by atoms with Gasteiger partial charge < -0.3 is 14.5 Å². The Labute approximate surface area is 133 Å². The second-order valence-electron chi connectivity index (χ2n) is 5.07. The Kier molecular flexibility index (Phi) is 4.86. The number of nitrogens with one attached hydrogen (secondary N) is 1. The summed E-state index contributed by atoms with van der Waals surface area (Å²) in [6, 6.07) is 5.16. The van der Waals surface area contributed by atoms with E-state index < -0.39 is 17.9 Å². The fourth-order valence-electron chi connectivity index (χ4n) is 2.24. The molecule has 1 unspecified atom stereocenters. The number of nitriles is 1. The lowest BCUT2D eigenvalue weighted by atomic mass is 10.1. The molecule has 0 fully saturated rings. The van der Waals surface area contributed by atoms with Crippen LogP contribution in [0.2, 0.25) is 0 Å². The topological polar surface area (TPSA) is 97.3 Å². The number of nitrogens with zero attached hydrogens (tertiary/aromatic N) is 2. The summed E-state index contributed by atoms with van der Waals surface area (Å²) in [5, 5.41) is 12.1. The summed E-state index contributed by atoms with van der Waals surface area (Å²) >= 11 is 0. The number of hydrogen-bond acceptors (Lipinski definition) is 5. The van der Waals surface area contributed by atoms with Crippen LogP contribution in [0, 0.1) is 18.3 Å². The molecule has 7 heteroatoms. The molecule has 1 N–H and O–H groups in total. The van der Waals surface area contributed by atoms with E-state index in [1.54, 1.807) is 42.9 Å². The van der Waals surface area contributed by atoms with E-state index in [1.165, 1.54) is 7.11 Å². The molecule has 2 aromatic heterocycles. The van der Waals surface area contributed by atoms with E-state index in [1.807, 2.05) is 6.07 Å². The lowest BCUT2D eigenvalue weighted by molar-refractivity contribution is -0.141. The van der Waals surface area contributed by atoms with E-state index in [0.717, 1.165) is 0 Å². The SMILES string of the molecule is COC(=O)CC(C)NC(=O)c1c(C)oc(-n2cccc2)c1C#N. The molecule has 1 amide bonds. The molecule has 0 aliphatic heterocycles. The molecule has 2 rings (SSSR count). The maximum absolute atomic E-state index is 12.4. The van der Waals surface area contributed by atoms with Gasteiger partial charge in [-0.3, -0.25) is 14.2 Å². The van der Waals surface area contributed by atoms with E-state index in [9.17, 15) is 14.9 Å². The molecule has 0 aliphatic carbocycles. The molecule has 2 aromatic rings. The molecule has 7 nitrogen and oxygen atoms in total. The maximum atomic E-state index is 12.4. The maximum Gasteiger partial charge on any atom is 0.307 e. The minimum Gasteiger partial charge on any atom is -0.469 e. The monoisotopic (exact) mass is 315 g/mol. The number of furan rings is 1. The second kappa shape index (κ2) is 6.83. The van der Waals surface area contributed by atoms with Gasteiger partial charge in [0.15, 0.2) is 0 Å². The first kappa shape index (κ1) is 16.4. The zero-order valence-electron chi connectivity index (χ0n) is 13.1. The van der Waals surface area contributed by atoms with Crippen LogP contribution in [0.1, 0.15) is 35.0 Å². The number of carbonyl (C=O) groups excluding carboxylic acids is 2. The largest absolute Gasteiger partial charge is 0.469 e. The Morgan fingerprint density at radius 1 is 1.43 bits per heavy atom. The van der Waals surface area contributed by atoms with Crippen LogP contribution in [-0.2, 0) is 9.53 Å². The van der Waals surface area contributed by atoms with E-state index in [2.05, 4.69) is 10.1 Å². The van der Waals surface area contributed by atoms with Gasteiger partial charge in [-0.25, -0.2) is 0 Å². The van der Waals surface area contributed by atoms with Crippen LogP contribution in [0.25, 0.3) is 5.88 Å². The third kappa shape index (κ3) is 3.43. The van der Waals surface area contributed by atoms with Crippen LogP contribution in [0.3, 0.4) is 0 Å². The molecule has 0 saturated carbocycles. The number of ether oxygens (including phenoxy) is 1. The first-order valence-electron chi connectivity index (χ1n) is 7.02. The Hall–Kier alpha value is -3.01. The van der Waals surface area contributed by atoms with E-state index in [4.69, 9.17) is 4.42 Å². The second-order valence-corrected chi connectivity index (χ2v) is 5.07. The lowest BCUT2D eigenvalue weighted by Gasteiger charge is -2.12. The van der Waals surface area contributed by atoms with Crippen LogP contribution < -0.4 is 5.32 Å². The molecule has 0 saturated heterocycles. The number of aryl methyl sites for hydroxylation is 1. The molecule has 120 valence electrons. The summed E-state index contributed by atoms with van der Waals surface area (Å²) in [6.07, 6.45) is 3.49. The van der Waals surface area contributed by atoms with Crippen molar-refractivity contribution in [3.05, 3.63) is 41.4 Å². The minimum absolute atomic E-state index is 0.0471. The van der Waals surface area contributed by atoms with Crippen molar-refractivity contribution in [1.82, 2.24) is 9.88 Å². The minimum atomic E-state index is -0.461. The zero-order valence-corrected chi connectivity index (χ0v) is 13.1. The number of rotatable bonds is 5. The van der Waals surface area contributed by atoms with Crippen molar-refractivity contribution >= 4 is 11.9 Å². The highest BCUT2D eigenvalue weighted by Gasteiger charge is 2.25.